The minimum atomic E-state index is -3.44. The Morgan fingerprint density at radius 2 is 1.79 bits per heavy atom. The van der Waals surface area contributed by atoms with Crippen molar-refractivity contribution in [2.45, 2.75) is 19.4 Å². The lowest BCUT2D eigenvalue weighted by Crippen LogP contribution is -2.17. The van der Waals surface area contributed by atoms with E-state index in [0.717, 1.165) is 6.26 Å². The second kappa shape index (κ2) is 8.30. The van der Waals surface area contributed by atoms with Crippen molar-refractivity contribution in [2.24, 2.45) is 0 Å². The molecule has 170 valence electrons. The molecule has 0 radical (unpaired) electrons. The van der Waals surface area contributed by atoms with Gasteiger partial charge in [-0.15, -0.1) is 0 Å². The number of nitrogens with zero attached hydrogens (tertiary/aromatic N) is 3. The summed E-state index contributed by atoms with van der Waals surface area (Å²) in [4.78, 5) is 17.3. The molecule has 0 spiro atoms. The van der Waals surface area contributed by atoms with Gasteiger partial charge >= 0.3 is 0 Å². The van der Waals surface area contributed by atoms with Crippen LogP contribution in [0.4, 0.5) is 11.5 Å². The van der Waals surface area contributed by atoms with Crippen molar-refractivity contribution < 1.29 is 18.3 Å². The van der Waals surface area contributed by atoms with Gasteiger partial charge in [0.05, 0.1) is 23.6 Å². The first kappa shape index (κ1) is 22.4. The van der Waals surface area contributed by atoms with Crippen LogP contribution in [0.3, 0.4) is 0 Å². The molecule has 0 saturated heterocycles. The number of hydrogen-bond donors (Lipinski definition) is 3. The highest BCUT2D eigenvalue weighted by atomic mass is 32.2. The number of hydrogen-bond acceptors (Lipinski definition) is 6. The van der Waals surface area contributed by atoms with E-state index in [2.05, 4.69) is 20.1 Å². The summed E-state index contributed by atoms with van der Waals surface area (Å²) in [5, 5.41) is 17.2. The van der Waals surface area contributed by atoms with Gasteiger partial charge in [0, 0.05) is 22.9 Å². The Labute approximate surface area is 191 Å². The standard InChI is InChI=1S/C23H23N5O4S/c1-23(2,30)17-9-7-15(8-10-17)22(29)26-20-14-19-11-12-24-28(19)21(25-20)16-5-4-6-18(13-16)27-33(3,31)32/h4-14,27,30H,1-3H3,(H,26,29). The highest BCUT2D eigenvalue weighted by Gasteiger charge is 2.17. The molecule has 1 amide bonds. The van der Waals surface area contributed by atoms with E-state index in [1.165, 1.54) is 0 Å². The minimum absolute atomic E-state index is 0.316. The maximum atomic E-state index is 12.8. The van der Waals surface area contributed by atoms with Crippen LogP contribution in [0.25, 0.3) is 16.9 Å². The van der Waals surface area contributed by atoms with Crippen LogP contribution in [0.1, 0.15) is 29.8 Å². The van der Waals surface area contributed by atoms with Crippen LogP contribution in [0, 0.1) is 0 Å². The molecule has 2 aromatic carbocycles. The maximum Gasteiger partial charge on any atom is 0.256 e. The van der Waals surface area contributed by atoms with Crippen molar-refractivity contribution in [2.75, 3.05) is 16.3 Å². The van der Waals surface area contributed by atoms with Crippen molar-refractivity contribution in [1.29, 1.82) is 0 Å². The van der Waals surface area contributed by atoms with Gasteiger partial charge in [-0.25, -0.2) is 17.9 Å². The Balaban J connectivity index is 1.67. The molecule has 0 aliphatic rings. The molecule has 0 fully saturated rings. The molecule has 0 saturated carbocycles. The van der Waals surface area contributed by atoms with Gasteiger partial charge in [-0.2, -0.15) is 5.10 Å². The Bertz CT molecular complexity index is 1440. The fourth-order valence-corrected chi connectivity index (χ4v) is 3.89. The number of aromatic nitrogens is 3. The Hall–Kier alpha value is -3.76. The van der Waals surface area contributed by atoms with E-state index in [4.69, 9.17) is 0 Å². The number of carbonyl (C=O) groups is 1. The first-order valence-corrected chi connectivity index (χ1v) is 12.0. The topological polar surface area (TPSA) is 126 Å². The van der Waals surface area contributed by atoms with Crippen molar-refractivity contribution in [1.82, 2.24) is 14.6 Å². The number of fused-ring (bicyclic) bond motifs is 1. The lowest BCUT2D eigenvalue weighted by molar-refractivity contribution is 0.0785. The highest BCUT2D eigenvalue weighted by Crippen LogP contribution is 2.25. The summed E-state index contributed by atoms with van der Waals surface area (Å²) in [6.45, 7) is 3.35. The van der Waals surface area contributed by atoms with Crippen LogP contribution < -0.4 is 10.0 Å². The maximum absolute atomic E-state index is 12.8. The molecular formula is C23H23N5O4S. The normalized spacial score (nSPS) is 12.0. The molecule has 0 aliphatic heterocycles. The van der Waals surface area contributed by atoms with E-state index in [1.807, 2.05) is 0 Å². The Morgan fingerprint density at radius 1 is 1.06 bits per heavy atom. The fourth-order valence-electron chi connectivity index (χ4n) is 3.34. The number of sulfonamides is 1. The monoisotopic (exact) mass is 465 g/mol. The number of aliphatic hydroxyl groups is 1. The smallest absolute Gasteiger partial charge is 0.256 e. The summed E-state index contributed by atoms with van der Waals surface area (Å²) >= 11 is 0. The molecule has 0 aliphatic carbocycles. The van der Waals surface area contributed by atoms with Crippen LogP contribution in [-0.4, -0.2) is 40.3 Å². The molecule has 33 heavy (non-hydrogen) atoms. The molecule has 0 bridgehead atoms. The predicted octanol–water partition coefficient (Wildman–Crippen LogP) is 3.25. The van der Waals surface area contributed by atoms with Gasteiger partial charge in [0.1, 0.15) is 5.82 Å². The van der Waals surface area contributed by atoms with Crippen molar-refractivity contribution in [3.05, 3.63) is 78.0 Å². The van der Waals surface area contributed by atoms with Gasteiger partial charge < -0.3 is 10.4 Å². The third kappa shape index (κ3) is 5.18. The summed E-state index contributed by atoms with van der Waals surface area (Å²) in [6, 6.07) is 16.9. The van der Waals surface area contributed by atoms with Crippen LogP contribution in [0.2, 0.25) is 0 Å². The molecule has 4 rings (SSSR count). The number of amides is 1. The second-order valence-electron chi connectivity index (χ2n) is 8.18. The molecule has 3 N–H and O–H groups in total. The predicted molar refractivity (Wildman–Crippen MR) is 127 cm³/mol. The van der Waals surface area contributed by atoms with E-state index < -0.39 is 15.6 Å². The van der Waals surface area contributed by atoms with Crippen molar-refractivity contribution >= 4 is 33.0 Å². The first-order chi connectivity index (χ1) is 15.5. The summed E-state index contributed by atoms with van der Waals surface area (Å²) in [5.74, 6) is 0.394. The molecule has 0 atom stereocenters. The summed E-state index contributed by atoms with van der Waals surface area (Å²) in [5.41, 5.74) is 1.82. The molecule has 2 heterocycles. The van der Waals surface area contributed by atoms with E-state index >= 15 is 0 Å². The number of rotatable bonds is 6. The van der Waals surface area contributed by atoms with E-state index in [1.54, 1.807) is 85.2 Å². The lowest BCUT2D eigenvalue weighted by Gasteiger charge is -2.17. The molecule has 4 aromatic rings. The number of anilines is 2. The zero-order valence-electron chi connectivity index (χ0n) is 18.3. The zero-order chi connectivity index (χ0) is 23.8. The number of carbonyl (C=O) groups excluding carboxylic acids is 1. The van der Waals surface area contributed by atoms with Gasteiger partial charge in [-0.3, -0.25) is 9.52 Å². The number of nitrogens with one attached hydrogen (secondary N) is 2. The van der Waals surface area contributed by atoms with Crippen LogP contribution in [0.15, 0.2) is 66.9 Å². The third-order valence-corrected chi connectivity index (χ3v) is 5.51. The molecular weight excluding hydrogens is 442 g/mol. The largest absolute Gasteiger partial charge is 0.386 e. The highest BCUT2D eigenvalue weighted by molar-refractivity contribution is 7.92. The van der Waals surface area contributed by atoms with Gasteiger partial charge in [-0.05, 0) is 49.7 Å². The Morgan fingerprint density at radius 3 is 2.45 bits per heavy atom. The van der Waals surface area contributed by atoms with Crippen LogP contribution in [0.5, 0.6) is 0 Å². The SMILES string of the molecule is CC(C)(O)c1ccc(C(=O)Nc2cc3ccnn3c(-c3cccc(NS(C)(=O)=O)c3)n2)cc1. The average molecular weight is 466 g/mol. The first-order valence-electron chi connectivity index (χ1n) is 10.1. The molecule has 0 unspecified atom stereocenters. The average Bonchev–Trinajstić information content (AvgIpc) is 3.20. The quantitative estimate of drug-likeness (QED) is 0.401. The van der Waals surface area contributed by atoms with Gasteiger partial charge in [0.25, 0.3) is 5.91 Å². The van der Waals surface area contributed by atoms with E-state index in [-0.39, 0.29) is 5.91 Å². The Kier molecular flexibility index (Phi) is 5.64. The van der Waals surface area contributed by atoms with Gasteiger partial charge in [0.2, 0.25) is 10.0 Å². The number of benzene rings is 2. The van der Waals surface area contributed by atoms with Crippen LogP contribution in [-0.2, 0) is 15.6 Å². The molecule has 9 nitrogen and oxygen atoms in total. The minimum Gasteiger partial charge on any atom is -0.386 e. The molecule has 2 aromatic heterocycles. The molecule has 10 heteroatoms. The summed E-state index contributed by atoms with van der Waals surface area (Å²) in [7, 11) is -3.44. The van der Waals surface area contributed by atoms with Gasteiger partial charge in [-0.1, -0.05) is 24.3 Å². The fraction of sp³-hybridized carbons (Fsp3) is 0.174. The summed E-state index contributed by atoms with van der Waals surface area (Å²) < 4.78 is 27.2. The second-order valence-corrected chi connectivity index (χ2v) is 9.93. The van der Waals surface area contributed by atoms with Crippen LogP contribution >= 0.6 is 0 Å². The van der Waals surface area contributed by atoms with Gasteiger partial charge in [0.15, 0.2) is 5.82 Å². The summed E-state index contributed by atoms with van der Waals surface area (Å²) in [6.07, 6.45) is 2.69. The lowest BCUT2D eigenvalue weighted by atomic mass is 9.97. The zero-order valence-corrected chi connectivity index (χ0v) is 19.1. The third-order valence-electron chi connectivity index (χ3n) is 4.90. The van der Waals surface area contributed by atoms with E-state index in [9.17, 15) is 18.3 Å². The van der Waals surface area contributed by atoms with Crippen molar-refractivity contribution in [3.63, 3.8) is 0 Å². The van der Waals surface area contributed by atoms with Crippen molar-refractivity contribution in [3.8, 4) is 11.4 Å². The van der Waals surface area contributed by atoms with E-state index in [0.29, 0.717) is 39.5 Å².